The molecule has 0 aromatic carbocycles. The minimum absolute atomic E-state index is 0.362. The Morgan fingerprint density at radius 3 is 3.00 bits per heavy atom. The molecule has 7 heteroatoms. The smallest absolute Gasteiger partial charge is 0.167 e. The predicted octanol–water partition coefficient (Wildman–Crippen LogP) is 3.03. The largest absolute Gasteiger partial charge is 0.443 e. The molecule has 2 aliphatic rings. The Morgan fingerprint density at radius 2 is 2.38 bits per heavy atom. The third kappa shape index (κ3) is 1.84. The van der Waals surface area contributed by atoms with Crippen LogP contribution in [0, 0.1) is 0 Å². The van der Waals surface area contributed by atoms with Crippen LogP contribution in [0.1, 0.15) is 13.8 Å². The summed E-state index contributed by atoms with van der Waals surface area (Å²) in [7, 11) is 0. The fourth-order valence-electron chi connectivity index (χ4n) is 1.69. The fourth-order valence-corrected chi connectivity index (χ4v) is 3.41. The number of azide groups is 1. The lowest BCUT2D eigenvalue weighted by molar-refractivity contribution is 0.172. The van der Waals surface area contributed by atoms with E-state index < -0.39 is 12.1 Å². The van der Waals surface area contributed by atoms with Gasteiger partial charge in [0.05, 0.1) is 12.1 Å². The van der Waals surface area contributed by atoms with Gasteiger partial charge < -0.3 is 9.84 Å². The van der Waals surface area contributed by atoms with Gasteiger partial charge in [-0.05, 0) is 41.4 Å². The minimum Gasteiger partial charge on any atom is -0.443 e. The summed E-state index contributed by atoms with van der Waals surface area (Å²) in [6.07, 6.45) is 0.976. The minimum atomic E-state index is -0.667. The second-order valence-corrected chi connectivity index (χ2v) is 6.48. The molecule has 0 aromatic rings. The highest BCUT2D eigenvalue weighted by Gasteiger charge is 2.46. The summed E-state index contributed by atoms with van der Waals surface area (Å²) in [4.78, 5) is 2.79. The Bertz CT molecular complexity index is 440. The van der Waals surface area contributed by atoms with E-state index in [1.807, 2.05) is 13.8 Å². The molecular formula is C9H10BrN3O2S. The van der Waals surface area contributed by atoms with Crippen LogP contribution in [0.25, 0.3) is 10.4 Å². The summed E-state index contributed by atoms with van der Waals surface area (Å²) < 4.78 is 5.62. The molecule has 0 amide bonds. The number of thioether (sulfide) groups is 1. The van der Waals surface area contributed by atoms with Crippen molar-refractivity contribution in [1.29, 1.82) is 0 Å². The summed E-state index contributed by atoms with van der Waals surface area (Å²) >= 11 is 4.67. The summed E-state index contributed by atoms with van der Waals surface area (Å²) in [6.45, 7) is 3.84. The topological polar surface area (TPSA) is 78.2 Å². The van der Waals surface area contributed by atoms with Crippen molar-refractivity contribution >= 4 is 27.7 Å². The Labute approximate surface area is 105 Å². The lowest BCUT2D eigenvalue weighted by Gasteiger charge is -2.24. The highest BCUT2D eigenvalue weighted by molar-refractivity contribution is 9.11. The van der Waals surface area contributed by atoms with E-state index in [2.05, 4.69) is 26.0 Å². The van der Waals surface area contributed by atoms with Crippen LogP contribution in [-0.2, 0) is 4.74 Å². The molecule has 2 unspecified atom stereocenters. The molecule has 0 aromatic heterocycles. The Morgan fingerprint density at radius 1 is 1.69 bits per heavy atom. The number of hydrogen-bond acceptors (Lipinski definition) is 4. The van der Waals surface area contributed by atoms with E-state index in [1.165, 1.54) is 11.8 Å². The van der Waals surface area contributed by atoms with Gasteiger partial charge >= 0.3 is 0 Å². The molecule has 16 heavy (non-hydrogen) atoms. The average molecular weight is 304 g/mol. The second-order valence-electron chi connectivity index (χ2n) is 4.07. The summed E-state index contributed by atoms with van der Waals surface area (Å²) in [5, 5.41) is 14.4. The zero-order valence-electron chi connectivity index (χ0n) is 8.72. The van der Waals surface area contributed by atoms with Crippen LogP contribution in [0.5, 0.6) is 0 Å². The van der Waals surface area contributed by atoms with Gasteiger partial charge in [-0.3, -0.25) is 0 Å². The third-order valence-corrected chi connectivity index (χ3v) is 4.20. The van der Waals surface area contributed by atoms with Crippen LogP contribution >= 0.6 is 27.7 Å². The zero-order valence-corrected chi connectivity index (χ0v) is 11.1. The third-order valence-electron chi connectivity index (χ3n) is 2.52. The van der Waals surface area contributed by atoms with Crippen molar-refractivity contribution in [3.8, 4) is 0 Å². The van der Waals surface area contributed by atoms with E-state index in [9.17, 15) is 5.11 Å². The first-order valence-corrected chi connectivity index (χ1v) is 6.27. The van der Waals surface area contributed by atoms with Crippen molar-refractivity contribution in [2.45, 2.75) is 30.7 Å². The van der Waals surface area contributed by atoms with Crippen molar-refractivity contribution in [1.82, 2.24) is 0 Å². The second kappa shape index (κ2) is 4.00. The molecule has 2 atom stereocenters. The molecular weight excluding hydrogens is 294 g/mol. The van der Waals surface area contributed by atoms with Gasteiger partial charge in [0.25, 0.3) is 0 Å². The van der Waals surface area contributed by atoms with Gasteiger partial charge in [0, 0.05) is 15.2 Å². The van der Waals surface area contributed by atoms with E-state index in [0.29, 0.717) is 15.3 Å². The predicted molar refractivity (Wildman–Crippen MR) is 65.7 cm³/mol. The first kappa shape index (κ1) is 11.9. The van der Waals surface area contributed by atoms with Crippen molar-refractivity contribution in [2.75, 3.05) is 0 Å². The van der Waals surface area contributed by atoms with Gasteiger partial charge in [-0.2, -0.15) is 0 Å². The van der Waals surface area contributed by atoms with Crippen LogP contribution in [-0.4, -0.2) is 22.0 Å². The number of aliphatic hydroxyl groups is 1. The molecule has 2 aliphatic heterocycles. The first-order valence-electron chi connectivity index (χ1n) is 4.66. The Balaban J connectivity index is 2.41. The van der Waals surface area contributed by atoms with Crippen LogP contribution in [0.15, 0.2) is 26.5 Å². The number of halogens is 1. The molecule has 1 N–H and O–H groups in total. The van der Waals surface area contributed by atoms with Gasteiger partial charge in [0.1, 0.15) is 0 Å². The van der Waals surface area contributed by atoms with Gasteiger partial charge in [-0.15, -0.1) is 0 Å². The maximum Gasteiger partial charge on any atom is 0.167 e. The standard InChI is InChI=1S/C9H10BrN3O2S/c1-9(2)7(14)6-4(12-13-11)3-5(10)15-8(6)16-9/h3-4,7,14H,1-2H3. The van der Waals surface area contributed by atoms with E-state index in [0.717, 1.165) is 0 Å². The quantitative estimate of drug-likeness (QED) is 0.459. The summed E-state index contributed by atoms with van der Waals surface area (Å²) in [5.74, 6) is 0. The van der Waals surface area contributed by atoms with Crippen LogP contribution < -0.4 is 0 Å². The normalized spacial score (nSPS) is 31.4. The molecule has 2 heterocycles. The summed E-state index contributed by atoms with van der Waals surface area (Å²) in [5.41, 5.74) is 9.15. The molecule has 0 saturated carbocycles. The lowest BCUT2D eigenvalue weighted by atomic mass is 9.94. The Hall–Kier alpha value is -0.620. The number of aliphatic hydroxyl groups excluding tert-OH is 1. The van der Waals surface area contributed by atoms with E-state index in [1.54, 1.807) is 6.08 Å². The maximum atomic E-state index is 10.1. The average Bonchev–Trinajstić information content (AvgIpc) is 2.37. The van der Waals surface area contributed by atoms with Crippen molar-refractivity contribution in [3.05, 3.63) is 31.9 Å². The van der Waals surface area contributed by atoms with Crippen LogP contribution in [0.3, 0.4) is 0 Å². The molecule has 0 fully saturated rings. The molecule has 0 aliphatic carbocycles. The lowest BCUT2D eigenvalue weighted by Crippen LogP contribution is -2.33. The van der Waals surface area contributed by atoms with Crippen LogP contribution in [0.2, 0.25) is 0 Å². The number of ether oxygens (including phenoxy) is 1. The van der Waals surface area contributed by atoms with Gasteiger partial charge in [0.15, 0.2) is 9.76 Å². The highest BCUT2D eigenvalue weighted by atomic mass is 79.9. The fraction of sp³-hybridized carbons (Fsp3) is 0.556. The molecule has 0 radical (unpaired) electrons. The van der Waals surface area contributed by atoms with Crippen molar-refractivity contribution in [3.63, 3.8) is 0 Å². The Kier molecular flexibility index (Phi) is 2.96. The number of nitrogens with zero attached hydrogens (tertiary/aromatic N) is 3. The van der Waals surface area contributed by atoms with E-state index in [4.69, 9.17) is 10.3 Å². The number of rotatable bonds is 1. The van der Waals surface area contributed by atoms with Gasteiger partial charge in [0.2, 0.25) is 0 Å². The monoisotopic (exact) mass is 303 g/mol. The highest BCUT2D eigenvalue weighted by Crippen LogP contribution is 2.51. The molecule has 0 saturated heterocycles. The summed E-state index contributed by atoms with van der Waals surface area (Å²) in [6, 6.07) is -0.479. The van der Waals surface area contributed by atoms with E-state index >= 15 is 0 Å². The number of hydrogen-bond donors (Lipinski definition) is 1. The van der Waals surface area contributed by atoms with Gasteiger partial charge in [-0.1, -0.05) is 16.9 Å². The maximum absolute atomic E-state index is 10.1. The molecule has 0 bridgehead atoms. The van der Waals surface area contributed by atoms with Gasteiger partial charge in [-0.25, -0.2) is 0 Å². The SMILES string of the molecule is CC1(C)SC2=C(C(N=[N+]=[N-])C=C(Br)O2)C1O. The molecule has 2 rings (SSSR count). The molecule has 0 spiro atoms. The molecule has 5 nitrogen and oxygen atoms in total. The first-order chi connectivity index (χ1) is 7.45. The van der Waals surface area contributed by atoms with Crippen molar-refractivity contribution in [2.24, 2.45) is 5.11 Å². The van der Waals surface area contributed by atoms with Crippen LogP contribution in [0.4, 0.5) is 0 Å². The molecule has 86 valence electrons. The van der Waals surface area contributed by atoms with Crippen molar-refractivity contribution < 1.29 is 9.84 Å². The van der Waals surface area contributed by atoms with E-state index in [-0.39, 0.29) is 4.75 Å². The zero-order chi connectivity index (χ0) is 11.9.